The van der Waals surface area contributed by atoms with Crippen LogP contribution in [0.2, 0.25) is 0 Å². The third-order valence-corrected chi connectivity index (χ3v) is 10.6. The number of halogens is 3. The summed E-state index contributed by atoms with van der Waals surface area (Å²) >= 11 is 4.57. The molecule has 10 heteroatoms. The number of hydrogen-bond acceptors (Lipinski definition) is 5. The molecule has 3 aromatic carbocycles. The van der Waals surface area contributed by atoms with E-state index in [0.29, 0.717) is 23.3 Å². The molecule has 0 bridgehead atoms. The van der Waals surface area contributed by atoms with Crippen LogP contribution >= 0.6 is 34.4 Å². The average Bonchev–Trinajstić information content (AvgIpc) is 3.60. The number of thioether (sulfide) groups is 1. The number of anilines is 1. The quantitative estimate of drug-likeness (QED) is 0.207. The van der Waals surface area contributed by atoms with Crippen molar-refractivity contribution in [3.05, 3.63) is 95.8 Å². The van der Waals surface area contributed by atoms with Crippen molar-refractivity contribution in [2.75, 3.05) is 11.4 Å². The minimum absolute atomic E-state index is 0.0712. The Kier molecular flexibility index (Phi) is 7.33. The molecule has 1 aliphatic heterocycles. The second-order valence-corrected chi connectivity index (χ2v) is 12.7. The summed E-state index contributed by atoms with van der Waals surface area (Å²) < 4.78 is 46.7. The molecular weight excluding hydrogens is 584 g/mol. The van der Waals surface area contributed by atoms with Crippen molar-refractivity contribution < 1.29 is 17.7 Å². The maximum Gasteiger partial charge on any atom is 0.416 e. The van der Waals surface area contributed by atoms with Crippen LogP contribution in [0.25, 0.3) is 33.1 Å². The SMILES string of the molecule is CCN1C(=CC=c2sc(=Cc3sc4c5ccccc5ccc4[n+]3CC)n(CC)c2=O)Sc2ccc(C(F)(F)F)cc21. The molecule has 0 N–H and O–H groups in total. The highest BCUT2D eigenvalue weighted by Gasteiger charge is 2.33. The van der Waals surface area contributed by atoms with E-state index in [1.54, 1.807) is 22.0 Å². The average molecular weight is 611 g/mol. The van der Waals surface area contributed by atoms with Crippen LogP contribution in [0, 0.1) is 0 Å². The van der Waals surface area contributed by atoms with E-state index >= 15 is 0 Å². The molecule has 2 aromatic heterocycles. The standard InChI is InChI=1S/C31H27F3N3OS3/c1-4-35-22-13-11-19-9-7-8-10-21(19)29(22)41-27(35)18-28-37(6-3)30(38)25(40-28)15-16-26-36(5-2)23-17-20(31(32,33)34)12-14-24(23)39-26/h7-18H,4-6H2,1-3H3/q+1. The van der Waals surface area contributed by atoms with Crippen molar-refractivity contribution in [3.63, 3.8) is 0 Å². The van der Waals surface area contributed by atoms with Gasteiger partial charge in [-0.3, -0.25) is 9.36 Å². The lowest BCUT2D eigenvalue weighted by molar-refractivity contribution is -0.665. The first-order chi connectivity index (χ1) is 19.7. The van der Waals surface area contributed by atoms with Gasteiger partial charge >= 0.3 is 6.18 Å². The molecule has 210 valence electrons. The second kappa shape index (κ2) is 10.8. The largest absolute Gasteiger partial charge is 0.416 e. The van der Waals surface area contributed by atoms with Crippen LogP contribution in [0.1, 0.15) is 31.3 Å². The molecular formula is C31H27F3N3OS3+. The Morgan fingerprint density at radius 2 is 1.76 bits per heavy atom. The lowest BCUT2D eigenvalue weighted by Crippen LogP contribution is -2.35. The zero-order chi connectivity index (χ0) is 28.9. The van der Waals surface area contributed by atoms with E-state index in [1.807, 2.05) is 30.9 Å². The van der Waals surface area contributed by atoms with Crippen LogP contribution in [-0.2, 0) is 19.3 Å². The van der Waals surface area contributed by atoms with Crippen molar-refractivity contribution in [2.24, 2.45) is 0 Å². The second-order valence-electron chi connectivity index (χ2n) is 9.52. The van der Waals surface area contributed by atoms with Gasteiger partial charge in [0.05, 0.1) is 26.9 Å². The summed E-state index contributed by atoms with van der Waals surface area (Å²) in [5.41, 5.74) is 0.980. The van der Waals surface area contributed by atoms with Crippen molar-refractivity contribution >= 4 is 73.3 Å². The Bertz CT molecular complexity index is 2020. The lowest BCUT2D eigenvalue weighted by Gasteiger charge is -2.18. The Morgan fingerprint density at radius 1 is 0.951 bits per heavy atom. The van der Waals surface area contributed by atoms with Gasteiger partial charge in [-0.05, 0) is 62.6 Å². The Morgan fingerprint density at radius 3 is 2.49 bits per heavy atom. The number of allylic oxidation sites excluding steroid dienone is 1. The minimum atomic E-state index is -4.40. The van der Waals surface area contributed by atoms with Crippen LogP contribution in [-0.4, -0.2) is 11.1 Å². The summed E-state index contributed by atoms with van der Waals surface area (Å²) in [6, 6.07) is 16.5. The first-order valence-electron chi connectivity index (χ1n) is 13.4. The monoisotopic (exact) mass is 610 g/mol. The van der Waals surface area contributed by atoms with E-state index in [-0.39, 0.29) is 5.56 Å². The lowest BCUT2D eigenvalue weighted by atomic mass is 10.1. The van der Waals surface area contributed by atoms with E-state index in [1.165, 1.54) is 56.2 Å². The number of alkyl halides is 3. The Labute approximate surface area is 247 Å². The molecule has 5 aromatic rings. The number of rotatable bonds is 5. The van der Waals surface area contributed by atoms with Gasteiger partial charge in [0.2, 0.25) is 5.52 Å². The van der Waals surface area contributed by atoms with E-state index in [2.05, 4.69) is 47.9 Å². The fourth-order valence-electron chi connectivity index (χ4n) is 5.20. The summed E-state index contributed by atoms with van der Waals surface area (Å²) in [6.07, 6.45) is 1.34. The smallest absolute Gasteiger partial charge is 0.335 e. The molecule has 0 atom stereocenters. The topological polar surface area (TPSA) is 29.1 Å². The summed E-state index contributed by atoms with van der Waals surface area (Å²) in [7, 11) is 0. The predicted molar refractivity (Wildman–Crippen MR) is 165 cm³/mol. The van der Waals surface area contributed by atoms with Crippen LogP contribution in [0.5, 0.6) is 0 Å². The number of aromatic nitrogens is 2. The van der Waals surface area contributed by atoms with Gasteiger partial charge < -0.3 is 4.90 Å². The molecule has 0 radical (unpaired) electrons. The van der Waals surface area contributed by atoms with E-state index in [4.69, 9.17) is 0 Å². The van der Waals surface area contributed by atoms with Gasteiger partial charge in [0.25, 0.3) is 10.6 Å². The molecule has 0 saturated carbocycles. The maximum atomic E-state index is 13.4. The number of nitrogens with zero attached hydrogens (tertiary/aromatic N) is 3. The van der Waals surface area contributed by atoms with Crippen LogP contribution < -0.4 is 24.2 Å². The highest BCUT2D eigenvalue weighted by Crippen LogP contribution is 2.47. The molecule has 41 heavy (non-hydrogen) atoms. The van der Waals surface area contributed by atoms with E-state index < -0.39 is 11.7 Å². The summed E-state index contributed by atoms with van der Waals surface area (Å²) in [4.78, 5) is 16.0. The van der Waals surface area contributed by atoms with Crippen LogP contribution in [0.15, 0.2) is 75.4 Å². The minimum Gasteiger partial charge on any atom is -0.335 e. The molecule has 0 amide bonds. The maximum absolute atomic E-state index is 13.4. The van der Waals surface area contributed by atoms with Gasteiger partial charge in [0, 0.05) is 29.4 Å². The molecule has 0 spiro atoms. The van der Waals surface area contributed by atoms with Crippen LogP contribution in [0.3, 0.4) is 0 Å². The Hall–Kier alpha value is -3.34. The van der Waals surface area contributed by atoms with Gasteiger partial charge in [-0.25, -0.2) is 0 Å². The number of fused-ring (bicyclic) bond motifs is 4. The van der Waals surface area contributed by atoms with E-state index in [9.17, 15) is 18.0 Å². The molecule has 1 aliphatic rings. The summed E-state index contributed by atoms with van der Waals surface area (Å²) in [5.74, 6) is 0. The molecule has 0 aliphatic carbocycles. The van der Waals surface area contributed by atoms with Crippen molar-refractivity contribution in [2.45, 2.75) is 44.9 Å². The third kappa shape index (κ3) is 4.91. The number of hydrogen-bond donors (Lipinski definition) is 0. The first kappa shape index (κ1) is 27.8. The fourth-order valence-corrected chi connectivity index (χ4v) is 8.73. The zero-order valence-corrected chi connectivity index (χ0v) is 25.1. The molecule has 0 saturated heterocycles. The zero-order valence-electron chi connectivity index (χ0n) is 22.7. The molecule has 3 heterocycles. The Balaban J connectivity index is 1.44. The third-order valence-electron chi connectivity index (χ3n) is 7.19. The molecule has 0 fully saturated rings. The van der Waals surface area contributed by atoms with Crippen molar-refractivity contribution in [1.29, 1.82) is 0 Å². The number of aryl methyl sites for hydroxylation is 1. The summed E-state index contributed by atoms with van der Waals surface area (Å²) in [5, 5.41) is 4.29. The predicted octanol–water partition coefficient (Wildman–Crippen LogP) is 6.71. The number of thiazole rings is 2. The molecule has 4 nitrogen and oxygen atoms in total. The van der Waals surface area contributed by atoms with Gasteiger partial charge in [-0.15, -0.1) is 11.3 Å². The van der Waals surface area contributed by atoms with Crippen molar-refractivity contribution in [1.82, 2.24) is 4.57 Å². The van der Waals surface area contributed by atoms with Crippen LogP contribution in [0.4, 0.5) is 18.9 Å². The van der Waals surface area contributed by atoms with Crippen molar-refractivity contribution in [3.8, 4) is 0 Å². The van der Waals surface area contributed by atoms with Gasteiger partial charge in [-0.2, -0.15) is 17.7 Å². The summed E-state index contributed by atoms with van der Waals surface area (Å²) in [6.45, 7) is 7.84. The molecule has 0 unspecified atom stereocenters. The van der Waals surface area contributed by atoms with Gasteiger partial charge in [-0.1, -0.05) is 47.4 Å². The molecule has 6 rings (SSSR count). The fraction of sp³-hybridized carbons (Fsp3) is 0.226. The van der Waals surface area contributed by atoms with E-state index in [0.717, 1.165) is 32.2 Å². The van der Waals surface area contributed by atoms with Gasteiger partial charge in [0.15, 0.2) is 0 Å². The highest BCUT2D eigenvalue weighted by molar-refractivity contribution is 8.03. The van der Waals surface area contributed by atoms with Gasteiger partial charge in [0.1, 0.15) is 15.9 Å². The highest BCUT2D eigenvalue weighted by atomic mass is 32.2. The first-order valence-corrected chi connectivity index (χ1v) is 15.8. The normalized spacial score (nSPS) is 15.7. The number of benzene rings is 3.